The van der Waals surface area contributed by atoms with E-state index in [1.165, 1.54) is 0 Å². The third-order valence-electron chi connectivity index (χ3n) is 2.68. The van der Waals surface area contributed by atoms with E-state index < -0.39 is 0 Å². The molecule has 1 aromatic rings. The highest BCUT2D eigenvalue weighted by Crippen LogP contribution is 2.03. The van der Waals surface area contributed by atoms with E-state index in [9.17, 15) is 0 Å². The Hall–Kier alpha value is -0.900. The number of nitrogens with one attached hydrogen (secondary N) is 1. The molecule has 0 saturated heterocycles. The van der Waals surface area contributed by atoms with E-state index in [4.69, 9.17) is 0 Å². The Balaban J connectivity index is 2.60. The number of aryl methyl sites for hydroxylation is 1. The number of rotatable bonds is 6. The van der Waals surface area contributed by atoms with Crippen LogP contribution in [0.5, 0.6) is 0 Å². The lowest BCUT2D eigenvalue weighted by atomic mass is 10.2. The third kappa shape index (κ3) is 3.30. The molecule has 1 aromatic heterocycles. The lowest BCUT2D eigenvalue weighted by Gasteiger charge is -2.12. The van der Waals surface area contributed by atoms with E-state index in [1.54, 1.807) is 0 Å². The van der Waals surface area contributed by atoms with Gasteiger partial charge in [-0.15, -0.1) is 10.2 Å². The highest BCUT2D eigenvalue weighted by molar-refractivity contribution is 4.93. The van der Waals surface area contributed by atoms with Crippen molar-refractivity contribution in [2.24, 2.45) is 0 Å². The second kappa shape index (κ2) is 5.85. The molecule has 4 heteroatoms. The molecule has 15 heavy (non-hydrogen) atoms. The summed E-state index contributed by atoms with van der Waals surface area (Å²) in [4.78, 5) is 0. The van der Waals surface area contributed by atoms with E-state index in [0.29, 0.717) is 6.04 Å². The summed E-state index contributed by atoms with van der Waals surface area (Å²) < 4.78 is 2.19. The van der Waals surface area contributed by atoms with E-state index >= 15 is 0 Å². The molecule has 0 aliphatic heterocycles. The third-order valence-corrected chi connectivity index (χ3v) is 2.68. The molecule has 1 rings (SSSR count). The minimum absolute atomic E-state index is 0.539. The zero-order valence-corrected chi connectivity index (χ0v) is 10.2. The van der Waals surface area contributed by atoms with Crippen molar-refractivity contribution in [2.75, 3.05) is 0 Å². The van der Waals surface area contributed by atoms with Gasteiger partial charge < -0.3 is 9.88 Å². The summed E-state index contributed by atoms with van der Waals surface area (Å²) in [6.45, 7) is 10.4. The lowest BCUT2D eigenvalue weighted by molar-refractivity contribution is 0.503. The fourth-order valence-electron chi connectivity index (χ4n) is 1.48. The molecule has 0 fully saturated rings. The van der Waals surface area contributed by atoms with Crippen molar-refractivity contribution in [2.45, 2.75) is 59.7 Å². The smallest absolute Gasteiger partial charge is 0.147 e. The van der Waals surface area contributed by atoms with E-state index in [2.05, 4.69) is 40.9 Å². The summed E-state index contributed by atoms with van der Waals surface area (Å²) in [5, 5.41) is 11.7. The predicted octanol–water partition coefficient (Wildman–Crippen LogP) is 1.88. The summed E-state index contributed by atoms with van der Waals surface area (Å²) in [5.41, 5.74) is 0. The topological polar surface area (TPSA) is 42.7 Å². The van der Waals surface area contributed by atoms with Gasteiger partial charge in [0, 0.05) is 12.6 Å². The van der Waals surface area contributed by atoms with Gasteiger partial charge in [0.25, 0.3) is 0 Å². The summed E-state index contributed by atoms with van der Waals surface area (Å²) in [5.74, 6) is 2.06. The zero-order valence-electron chi connectivity index (χ0n) is 10.2. The maximum absolute atomic E-state index is 4.19. The van der Waals surface area contributed by atoms with Gasteiger partial charge in [-0.1, -0.05) is 13.8 Å². The first-order valence-electron chi connectivity index (χ1n) is 5.81. The van der Waals surface area contributed by atoms with Crippen LogP contribution in [0, 0.1) is 6.92 Å². The first kappa shape index (κ1) is 12.2. The Bertz CT molecular complexity index is 293. The van der Waals surface area contributed by atoms with Crippen molar-refractivity contribution in [1.29, 1.82) is 0 Å². The van der Waals surface area contributed by atoms with Gasteiger partial charge in [0.1, 0.15) is 11.6 Å². The molecule has 4 nitrogen and oxygen atoms in total. The largest absolute Gasteiger partial charge is 0.314 e. The predicted molar refractivity (Wildman–Crippen MR) is 61.6 cm³/mol. The monoisotopic (exact) mass is 210 g/mol. The van der Waals surface area contributed by atoms with Crippen LogP contribution in [0.25, 0.3) is 0 Å². The van der Waals surface area contributed by atoms with Crippen molar-refractivity contribution in [3.05, 3.63) is 11.6 Å². The molecule has 0 aliphatic rings. The average molecular weight is 210 g/mol. The van der Waals surface area contributed by atoms with E-state index in [-0.39, 0.29) is 0 Å². The molecule has 0 aliphatic carbocycles. The van der Waals surface area contributed by atoms with Crippen molar-refractivity contribution in [3.63, 3.8) is 0 Å². The number of aromatic nitrogens is 3. The molecular weight excluding hydrogens is 188 g/mol. The van der Waals surface area contributed by atoms with Gasteiger partial charge >= 0.3 is 0 Å². The quantitative estimate of drug-likeness (QED) is 0.779. The Morgan fingerprint density at radius 1 is 1.33 bits per heavy atom. The van der Waals surface area contributed by atoms with Crippen molar-refractivity contribution >= 4 is 0 Å². The summed E-state index contributed by atoms with van der Waals surface area (Å²) >= 11 is 0. The molecular formula is C11H22N4. The standard InChI is InChI=1S/C11H22N4/c1-5-7-15-10(4)13-14-11(15)8-12-9(3)6-2/h9,12H,5-8H2,1-4H3. The Morgan fingerprint density at radius 3 is 2.67 bits per heavy atom. The average Bonchev–Trinajstić information content (AvgIpc) is 2.58. The molecule has 0 bridgehead atoms. The van der Waals surface area contributed by atoms with Crippen LogP contribution >= 0.6 is 0 Å². The van der Waals surface area contributed by atoms with Gasteiger partial charge in [-0.3, -0.25) is 0 Å². The van der Waals surface area contributed by atoms with E-state index in [0.717, 1.165) is 37.6 Å². The zero-order chi connectivity index (χ0) is 11.3. The van der Waals surface area contributed by atoms with Gasteiger partial charge in [0.2, 0.25) is 0 Å². The minimum atomic E-state index is 0.539. The molecule has 1 unspecified atom stereocenters. The fourth-order valence-corrected chi connectivity index (χ4v) is 1.48. The fraction of sp³-hybridized carbons (Fsp3) is 0.818. The van der Waals surface area contributed by atoms with Crippen LogP contribution in [0.1, 0.15) is 45.3 Å². The summed E-state index contributed by atoms with van der Waals surface area (Å²) in [6.07, 6.45) is 2.26. The summed E-state index contributed by atoms with van der Waals surface area (Å²) in [7, 11) is 0. The summed E-state index contributed by atoms with van der Waals surface area (Å²) in [6, 6.07) is 0.539. The van der Waals surface area contributed by atoms with E-state index in [1.807, 2.05) is 6.92 Å². The molecule has 1 atom stereocenters. The molecule has 0 amide bonds. The molecule has 0 spiro atoms. The second-order valence-electron chi connectivity index (χ2n) is 4.01. The van der Waals surface area contributed by atoms with Crippen LogP contribution in [0.4, 0.5) is 0 Å². The molecule has 0 aromatic carbocycles. The Labute approximate surface area is 92.1 Å². The van der Waals surface area contributed by atoms with Crippen LogP contribution in [0.15, 0.2) is 0 Å². The highest BCUT2D eigenvalue weighted by Gasteiger charge is 2.08. The van der Waals surface area contributed by atoms with Crippen molar-refractivity contribution in [3.8, 4) is 0 Å². The molecule has 1 N–H and O–H groups in total. The van der Waals surface area contributed by atoms with Gasteiger partial charge in [-0.25, -0.2) is 0 Å². The Kier molecular flexibility index (Phi) is 4.75. The SMILES string of the molecule is CCCn1c(C)nnc1CNC(C)CC. The maximum atomic E-state index is 4.19. The number of hydrogen-bond acceptors (Lipinski definition) is 3. The van der Waals surface area contributed by atoms with Gasteiger partial charge in [0.15, 0.2) is 0 Å². The number of nitrogens with zero attached hydrogens (tertiary/aromatic N) is 3. The van der Waals surface area contributed by atoms with Gasteiger partial charge in [-0.2, -0.15) is 0 Å². The van der Waals surface area contributed by atoms with Gasteiger partial charge in [0.05, 0.1) is 6.54 Å². The molecule has 0 radical (unpaired) electrons. The van der Waals surface area contributed by atoms with Crippen molar-refractivity contribution in [1.82, 2.24) is 20.1 Å². The lowest BCUT2D eigenvalue weighted by Crippen LogP contribution is -2.26. The second-order valence-corrected chi connectivity index (χ2v) is 4.01. The first-order valence-corrected chi connectivity index (χ1v) is 5.81. The van der Waals surface area contributed by atoms with Crippen LogP contribution in [0.2, 0.25) is 0 Å². The minimum Gasteiger partial charge on any atom is -0.314 e. The van der Waals surface area contributed by atoms with Crippen LogP contribution in [-0.2, 0) is 13.1 Å². The Morgan fingerprint density at radius 2 is 2.07 bits per heavy atom. The van der Waals surface area contributed by atoms with Crippen LogP contribution in [-0.4, -0.2) is 20.8 Å². The number of hydrogen-bond donors (Lipinski definition) is 1. The van der Waals surface area contributed by atoms with Crippen LogP contribution in [0.3, 0.4) is 0 Å². The molecule has 1 heterocycles. The molecule has 0 saturated carbocycles. The van der Waals surface area contributed by atoms with Crippen LogP contribution < -0.4 is 5.32 Å². The molecule has 86 valence electrons. The highest BCUT2D eigenvalue weighted by atomic mass is 15.3. The normalized spacial score (nSPS) is 13.1. The van der Waals surface area contributed by atoms with Gasteiger partial charge in [-0.05, 0) is 26.7 Å². The first-order chi connectivity index (χ1) is 7.19. The maximum Gasteiger partial charge on any atom is 0.147 e. The van der Waals surface area contributed by atoms with Crippen molar-refractivity contribution < 1.29 is 0 Å².